The van der Waals surface area contributed by atoms with Gasteiger partial charge in [0.05, 0.1) is 0 Å². The number of aliphatic imine (C=N–C) groups is 2. The van der Waals surface area contributed by atoms with Gasteiger partial charge in [-0.2, -0.15) is 4.99 Å². The fourth-order valence-corrected chi connectivity index (χ4v) is 3.34. The summed E-state index contributed by atoms with van der Waals surface area (Å²) in [5.74, 6) is 0.655. The van der Waals surface area contributed by atoms with Crippen LogP contribution in [0.3, 0.4) is 0 Å². The quantitative estimate of drug-likeness (QED) is 0.816. The highest BCUT2D eigenvalue weighted by Gasteiger charge is 2.42. The number of hydrogen-bond donors (Lipinski definition) is 2. The number of nitrogens with two attached hydrogens (primary N) is 2. The second kappa shape index (κ2) is 5.44. The maximum atomic E-state index is 11.4. The fraction of sp³-hybridized carbons (Fsp3) is 0.438. The predicted octanol–water partition coefficient (Wildman–Crippen LogP) is 2.00. The smallest absolute Gasteiger partial charge is 0.220 e. The molecule has 1 spiro atoms. The van der Waals surface area contributed by atoms with E-state index in [1.807, 2.05) is 29.2 Å². The highest BCUT2D eigenvalue weighted by molar-refractivity contribution is 6.05. The van der Waals surface area contributed by atoms with E-state index >= 15 is 0 Å². The highest BCUT2D eigenvalue weighted by atomic mass is 16.1. The zero-order chi connectivity index (χ0) is 15.7. The van der Waals surface area contributed by atoms with Crippen LogP contribution in [0.4, 0.5) is 5.69 Å². The van der Waals surface area contributed by atoms with Crippen LogP contribution in [-0.4, -0.2) is 23.4 Å². The minimum atomic E-state index is -0.439. The molecule has 0 atom stereocenters. The van der Waals surface area contributed by atoms with Gasteiger partial charge >= 0.3 is 0 Å². The molecular weight excluding hydrogens is 278 g/mol. The molecule has 1 saturated carbocycles. The average Bonchev–Trinajstić information content (AvgIpc) is 2.47. The fourth-order valence-electron chi connectivity index (χ4n) is 3.34. The number of Topliss-reactive ketones (excluding diaryl/α,β-unsaturated/α-hetero) is 1. The van der Waals surface area contributed by atoms with Crippen molar-refractivity contribution in [2.24, 2.45) is 21.5 Å². The first kappa shape index (κ1) is 14.6. The number of benzene rings is 1. The van der Waals surface area contributed by atoms with Gasteiger partial charge in [0.25, 0.3) is 0 Å². The lowest BCUT2D eigenvalue weighted by Crippen LogP contribution is -2.58. The number of ketones is 1. The molecular formula is C16H21N5O. The second-order valence-electron chi connectivity index (χ2n) is 5.92. The Kier molecular flexibility index (Phi) is 3.60. The largest absolute Gasteiger partial charge is 0.369 e. The Bertz CT molecular complexity index is 641. The van der Waals surface area contributed by atoms with Gasteiger partial charge in [-0.3, -0.25) is 9.69 Å². The number of carbonyl (C=O) groups is 1. The minimum absolute atomic E-state index is 0.0430. The zero-order valence-electron chi connectivity index (χ0n) is 12.7. The Labute approximate surface area is 129 Å². The van der Waals surface area contributed by atoms with Crippen LogP contribution >= 0.6 is 0 Å². The van der Waals surface area contributed by atoms with Gasteiger partial charge < -0.3 is 11.5 Å². The predicted molar refractivity (Wildman–Crippen MR) is 88.0 cm³/mol. The molecule has 2 aliphatic rings. The van der Waals surface area contributed by atoms with Crippen molar-refractivity contribution in [2.75, 3.05) is 4.90 Å². The number of carbonyl (C=O) groups excluding carboxylic acids is 1. The number of hydrogen-bond acceptors (Lipinski definition) is 6. The standard InChI is InChI=1S/C16H21N5O/c1-11(22)12-5-7-13(8-6-12)21-15(18)19-14(17)20-16(21)9-3-2-4-10-16/h5-8H,2-4,9-10H2,1H3,(H4,17,18,19,20). The van der Waals surface area contributed by atoms with E-state index in [2.05, 4.69) is 9.98 Å². The Hall–Kier alpha value is -2.37. The highest BCUT2D eigenvalue weighted by Crippen LogP contribution is 2.39. The van der Waals surface area contributed by atoms with Gasteiger partial charge in [0.2, 0.25) is 11.9 Å². The monoisotopic (exact) mass is 299 g/mol. The van der Waals surface area contributed by atoms with E-state index in [1.54, 1.807) is 6.92 Å². The van der Waals surface area contributed by atoms with Crippen molar-refractivity contribution >= 4 is 23.4 Å². The molecule has 1 aliphatic carbocycles. The van der Waals surface area contributed by atoms with E-state index in [9.17, 15) is 4.79 Å². The van der Waals surface area contributed by atoms with Crippen LogP contribution in [-0.2, 0) is 0 Å². The first-order chi connectivity index (χ1) is 10.5. The molecule has 1 aromatic carbocycles. The Morgan fingerprint density at radius 1 is 1.14 bits per heavy atom. The molecule has 0 aromatic heterocycles. The lowest BCUT2D eigenvalue weighted by atomic mass is 9.87. The van der Waals surface area contributed by atoms with Crippen molar-refractivity contribution in [1.82, 2.24) is 0 Å². The maximum Gasteiger partial charge on any atom is 0.220 e. The van der Waals surface area contributed by atoms with Gasteiger partial charge in [0.15, 0.2) is 5.78 Å². The minimum Gasteiger partial charge on any atom is -0.369 e. The third-order valence-corrected chi connectivity index (χ3v) is 4.38. The van der Waals surface area contributed by atoms with Crippen LogP contribution in [0.15, 0.2) is 34.3 Å². The zero-order valence-corrected chi connectivity index (χ0v) is 12.7. The van der Waals surface area contributed by atoms with Crippen LogP contribution in [0, 0.1) is 0 Å². The molecule has 3 rings (SSSR count). The Morgan fingerprint density at radius 2 is 1.77 bits per heavy atom. The van der Waals surface area contributed by atoms with Crippen molar-refractivity contribution in [3.63, 3.8) is 0 Å². The number of nitrogens with zero attached hydrogens (tertiary/aromatic N) is 3. The van der Waals surface area contributed by atoms with E-state index in [1.165, 1.54) is 6.42 Å². The molecule has 6 nitrogen and oxygen atoms in total. The van der Waals surface area contributed by atoms with Crippen molar-refractivity contribution in [3.05, 3.63) is 29.8 Å². The lowest BCUT2D eigenvalue weighted by molar-refractivity contribution is 0.101. The normalized spacial score (nSPS) is 20.5. The molecule has 0 amide bonds. The molecule has 1 fully saturated rings. The molecule has 0 unspecified atom stereocenters. The van der Waals surface area contributed by atoms with Crippen molar-refractivity contribution < 1.29 is 4.79 Å². The first-order valence-electron chi connectivity index (χ1n) is 7.63. The topological polar surface area (TPSA) is 97.1 Å². The third-order valence-electron chi connectivity index (χ3n) is 4.38. The van der Waals surface area contributed by atoms with Crippen molar-refractivity contribution in [3.8, 4) is 0 Å². The van der Waals surface area contributed by atoms with Crippen molar-refractivity contribution in [1.29, 1.82) is 0 Å². The molecule has 0 radical (unpaired) electrons. The van der Waals surface area contributed by atoms with Gasteiger partial charge in [0, 0.05) is 11.3 Å². The van der Waals surface area contributed by atoms with Gasteiger partial charge in [-0.1, -0.05) is 6.42 Å². The molecule has 6 heteroatoms. The van der Waals surface area contributed by atoms with Crippen molar-refractivity contribution in [2.45, 2.75) is 44.7 Å². The summed E-state index contributed by atoms with van der Waals surface area (Å²) in [5.41, 5.74) is 13.1. The summed E-state index contributed by atoms with van der Waals surface area (Å²) in [6, 6.07) is 7.41. The van der Waals surface area contributed by atoms with Gasteiger partial charge in [-0.15, -0.1) is 0 Å². The molecule has 22 heavy (non-hydrogen) atoms. The third kappa shape index (κ3) is 2.45. The first-order valence-corrected chi connectivity index (χ1v) is 7.63. The van der Waals surface area contributed by atoms with Gasteiger partial charge in [-0.25, -0.2) is 4.99 Å². The van der Waals surface area contributed by atoms with E-state index < -0.39 is 5.66 Å². The maximum absolute atomic E-state index is 11.4. The van der Waals surface area contributed by atoms with Gasteiger partial charge in [0.1, 0.15) is 5.66 Å². The molecule has 0 bridgehead atoms. The molecule has 4 N–H and O–H groups in total. The summed E-state index contributed by atoms with van der Waals surface area (Å²) in [6.45, 7) is 1.55. The summed E-state index contributed by atoms with van der Waals surface area (Å²) in [4.78, 5) is 22.2. The summed E-state index contributed by atoms with van der Waals surface area (Å²) in [6.07, 6.45) is 5.18. The number of guanidine groups is 2. The van der Waals surface area contributed by atoms with Gasteiger partial charge in [-0.05, 0) is 56.9 Å². The van der Waals surface area contributed by atoms with Crippen LogP contribution in [0.2, 0.25) is 0 Å². The molecule has 116 valence electrons. The number of rotatable bonds is 2. The van der Waals surface area contributed by atoms with Crippen LogP contribution in [0.5, 0.6) is 0 Å². The number of anilines is 1. The molecule has 1 heterocycles. The van der Waals surface area contributed by atoms with E-state index in [4.69, 9.17) is 11.5 Å². The average molecular weight is 299 g/mol. The Balaban J connectivity index is 2.02. The summed E-state index contributed by atoms with van der Waals surface area (Å²) in [7, 11) is 0. The van der Waals surface area contributed by atoms with E-state index in [0.29, 0.717) is 11.5 Å². The summed E-state index contributed by atoms with van der Waals surface area (Å²) < 4.78 is 0. The Morgan fingerprint density at radius 3 is 2.36 bits per heavy atom. The van der Waals surface area contributed by atoms with E-state index in [0.717, 1.165) is 31.4 Å². The molecule has 1 aromatic rings. The van der Waals surface area contributed by atoms with E-state index in [-0.39, 0.29) is 11.7 Å². The SMILES string of the molecule is CC(=O)c1ccc(N2C(N)=NC(N)=NC23CCCCC3)cc1. The van der Waals surface area contributed by atoms with Crippen LogP contribution in [0.1, 0.15) is 49.4 Å². The molecule has 0 saturated heterocycles. The van der Waals surface area contributed by atoms with Crippen LogP contribution in [0.25, 0.3) is 0 Å². The summed E-state index contributed by atoms with van der Waals surface area (Å²) in [5, 5.41) is 0. The lowest BCUT2D eigenvalue weighted by Gasteiger charge is -2.45. The summed E-state index contributed by atoms with van der Waals surface area (Å²) >= 11 is 0. The molecule has 1 aliphatic heterocycles. The van der Waals surface area contributed by atoms with Crippen LogP contribution < -0.4 is 16.4 Å². The second-order valence-corrected chi connectivity index (χ2v) is 5.92.